The van der Waals surface area contributed by atoms with Crippen LogP contribution in [0.5, 0.6) is 0 Å². The van der Waals surface area contributed by atoms with Crippen LogP contribution in [0.4, 0.5) is 0 Å². The monoisotopic (exact) mass is 517 g/mol. The van der Waals surface area contributed by atoms with Gasteiger partial charge in [-0.15, -0.1) is 0 Å². The summed E-state index contributed by atoms with van der Waals surface area (Å²) >= 11 is 0. The maximum absolute atomic E-state index is 2.49. The molecule has 0 aromatic carbocycles. The van der Waals surface area contributed by atoms with Gasteiger partial charge in [0.2, 0.25) is 0 Å². The molecule has 0 aliphatic heterocycles. The van der Waals surface area contributed by atoms with Crippen molar-refractivity contribution >= 4 is 0 Å². The van der Waals surface area contributed by atoms with E-state index in [1.807, 2.05) is 0 Å². The van der Waals surface area contributed by atoms with Gasteiger partial charge in [-0.3, -0.25) is 0 Å². The third kappa shape index (κ3) is 13.3. The molecular formula is C37H72. The second-order valence-corrected chi connectivity index (χ2v) is 14.3. The first-order chi connectivity index (χ1) is 18.0. The Bertz CT molecular complexity index is 512. The summed E-state index contributed by atoms with van der Waals surface area (Å²) in [6.45, 7) is 12.2. The molecule has 0 aromatic rings. The van der Waals surface area contributed by atoms with Gasteiger partial charge in [0, 0.05) is 0 Å². The van der Waals surface area contributed by atoms with E-state index in [4.69, 9.17) is 0 Å². The van der Waals surface area contributed by atoms with Crippen molar-refractivity contribution in [2.24, 2.45) is 35.0 Å². The summed E-state index contributed by atoms with van der Waals surface area (Å²) in [5.74, 6) is 5.09. The van der Waals surface area contributed by atoms with Crippen LogP contribution in [0.1, 0.15) is 202 Å². The van der Waals surface area contributed by atoms with Gasteiger partial charge in [-0.25, -0.2) is 0 Å². The van der Waals surface area contributed by atoms with Gasteiger partial charge in [0.05, 0.1) is 0 Å². The molecule has 0 radical (unpaired) electrons. The molecule has 0 N–H and O–H groups in total. The quantitative estimate of drug-likeness (QED) is 0.0952. The summed E-state index contributed by atoms with van der Waals surface area (Å²) in [7, 11) is 0. The molecule has 0 heteroatoms. The van der Waals surface area contributed by atoms with E-state index in [9.17, 15) is 0 Å². The first-order valence-corrected chi connectivity index (χ1v) is 18.0. The molecule has 0 saturated heterocycles. The van der Waals surface area contributed by atoms with Crippen LogP contribution < -0.4 is 0 Å². The van der Waals surface area contributed by atoms with Crippen molar-refractivity contribution in [3.05, 3.63) is 0 Å². The number of unbranched alkanes of at least 4 members (excludes halogenated alkanes) is 20. The van der Waals surface area contributed by atoms with E-state index in [1.54, 1.807) is 12.8 Å². The van der Waals surface area contributed by atoms with Crippen molar-refractivity contribution in [1.82, 2.24) is 0 Å². The molecule has 0 heterocycles. The minimum atomic E-state index is 0.866. The van der Waals surface area contributed by atoms with Crippen molar-refractivity contribution in [1.29, 1.82) is 0 Å². The Morgan fingerprint density at radius 2 is 0.811 bits per heavy atom. The van der Waals surface area contributed by atoms with Crippen LogP contribution in [0.3, 0.4) is 0 Å². The lowest BCUT2D eigenvalue weighted by molar-refractivity contribution is 0.330. The van der Waals surface area contributed by atoms with E-state index in [1.165, 1.54) is 154 Å². The Morgan fingerprint density at radius 1 is 0.486 bits per heavy atom. The Kier molecular flexibility index (Phi) is 17.9. The average molecular weight is 517 g/mol. The molecule has 37 heavy (non-hydrogen) atoms. The molecule has 2 aliphatic carbocycles. The molecule has 5 atom stereocenters. The van der Waals surface area contributed by atoms with Crippen molar-refractivity contribution in [3.8, 4) is 0 Å². The van der Waals surface area contributed by atoms with Gasteiger partial charge in [-0.05, 0) is 47.8 Å². The summed E-state index contributed by atoms with van der Waals surface area (Å²) in [6.07, 6.45) is 38.7. The van der Waals surface area contributed by atoms with Gasteiger partial charge in [0.15, 0.2) is 0 Å². The van der Waals surface area contributed by atoms with Crippen LogP contribution in [-0.2, 0) is 0 Å². The van der Waals surface area contributed by atoms with Gasteiger partial charge < -0.3 is 0 Å². The standard InChI is InChI=1S/C37H72/c1-6-28-32(2)33(3)29-26-24-22-20-18-16-14-12-10-8-7-9-11-13-15-17-19-21-23-25-27-30-36-31-37(36)34(4)35(37)5/h32-36H,6-31H2,1-5H3. The first kappa shape index (κ1) is 33.2. The second-order valence-electron chi connectivity index (χ2n) is 14.3. The number of hydrogen-bond donors (Lipinski definition) is 0. The SMILES string of the molecule is CCCC(C)C(C)CCCCCCCCCCCCCCCCCCCCCCCC1CC12C(C)C2C. The van der Waals surface area contributed by atoms with Crippen molar-refractivity contribution < 1.29 is 0 Å². The van der Waals surface area contributed by atoms with Crippen LogP contribution >= 0.6 is 0 Å². The second kappa shape index (κ2) is 20.0. The van der Waals surface area contributed by atoms with Gasteiger partial charge in [0.25, 0.3) is 0 Å². The van der Waals surface area contributed by atoms with E-state index >= 15 is 0 Å². The molecule has 0 amide bonds. The summed E-state index contributed by atoms with van der Waals surface area (Å²) in [4.78, 5) is 0. The molecule has 0 aromatic heterocycles. The molecule has 2 rings (SSSR count). The van der Waals surface area contributed by atoms with E-state index in [0.29, 0.717) is 0 Å². The third-order valence-electron chi connectivity index (χ3n) is 11.5. The van der Waals surface area contributed by atoms with Gasteiger partial charge >= 0.3 is 0 Å². The fourth-order valence-electron chi connectivity index (χ4n) is 7.99. The van der Waals surface area contributed by atoms with Crippen LogP contribution in [0.15, 0.2) is 0 Å². The zero-order valence-corrected chi connectivity index (χ0v) is 26.8. The van der Waals surface area contributed by atoms with Crippen LogP contribution in [0, 0.1) is 35.0 Å². The molecule has 5 unspecified atom stereocenters. The number of rotatable bonds is 27. The van der Waals surface area contributed by atoms with Crippen LogP contribution in [-0.4, -0.2) is 0 Å². The van der Waals surface area contributed by atoms with Gasteiger partial charge in [0.1, 0.15) is 0 Å². The lowest BCUT2D eigenvalue weighted by atomic mass is 9.87. The third-order valence-corrected chi connectivity index (χ3v) is 11.5. The summed E-state index contributed by atoms with van der Waals surface area (Å²) in [5.41, 5.74) is 0.866. The Balaban J connectivity index is 1.17. The zero-order valence-electron chi connectivity index (χ0n) is 26.8. The van der Waals surface area contributed by atoms with E-state index in [0.717, 1.165) is 35.0 Å². The fourth-order valence-corrected chi connectivity index (χ4v) is 7.99. The minimum Gasteiger partial charge on any atom is -0.0654 e. The molecular weight excluding hydrogens is 444 g/mol. The first-order valence-electron chi connectivity index (χ1n) is 18.0. The van der Waals surface area contributed by atoms with Crippen molar-refractivity contribution in [2.75, 3.05) is 0 Å². The molecule has 1 spiro atoms. The summed E-state index contributed by atoms with van der Waals surface area (Å²) < 4.78 is 0. The van der Waals surface area contributed by atoms with Gasteiger partial charge in [-0.2, -0.15) is 0 Å². The van der Waals surface area contributed by atoms with E-state index in [-0.39, 0.29) is 0 Å². The Labute approximate surface area is 236 Å². The highest BCUT2D eigenvalue weighted by Gasteiger charge is 2.72. The maximum Gasteiger partial charge on any atom is -0.0209 e. The predicted octanol–water partition coefficient (Wildman–Crippen LogP) is 13.3. The van der Waals surface area contributed by atoms with Crippen molar-refractivity contribution in [3.63, 3.8) is 0 Å². The fraction of sp³-hybridized carbons (Fsp3) is 1.00. The Hall–Kier alpha value is 0. The maximum atomic E-state index is 2.49. The largest absolute Gasteiger partial charge is 0.0654 e. The average Bonchev–Trinajstić information content (AvgIpc) is 3.75. The molecule has 0 bridgehead atoms. The highest BCUT2D eigenvalue weighted by atomic mass is 14.8. The van der Waals surface area contributed by atoms with Gasteiger partial charge in [-0.1, -0.05) is 189 Å². The van der Waals surface area contributed by atoms with E-state index in [2.05, 4.69) is 34.6 Å². The van der Waals surface area contributed by atoms with Crippen molar-refractivity contribution in [2.45, 2.75) is 202 Å². The molecule has 0 nitrogen and oxygen atoms in total. The molecule has 2 saturated carbocycles. The normalized spacial score (nSPS) is 26.0. The lowest BCUT2D eigenvalue weighted by Gasteiger charge is -2.19. The highest BCUT2D eigenvalue weighted by Crippen LogP contribution is 2.79. The van der Waals surface area contributed by atoms with E-state index < -0.39 is 0 Å². The minimum absolute atomic E-state index is 0.866. The van der Waals surface area contributed by atoms with Crippen LogP contribution in [0.2, 0.25) is 0 Å². The summed E-state index contributed by atoms with van der Waals surface area (Å²) in [5, 5.41) is 0. The Morgan fingerprint density at radius 3 is 1.14 bits per heavy atom. The lowest BCUT2D eigenvalue weighted by Crippen LogP contribution is -2.07. The molecule has 2 aliphatic rings. The highest BCUT2D eigenvalue weighted by molar-refractivity contribution is 5.20. The zero-order chi connectivity index (χ0) is 26.8. The van der Waals surface area contributed by atoms with Crippen LogP contribution in [0.25, 0.3) is 0 Å². The molecule has 220 valence electrons. The molecule has 2 fully saturated rings. The predicted molar refractivity (Wildman–Crippen MR) is 168 cm³/mol. The summed E-state index contributed by atoms with van der Waals surface area (Å²) in [6, 6.07) is 0. The number of hydrogen-bond acceptors (Lipinski definition) is 0. The topological polar surface area (TPSA) is 0 Å². The smallest absolute Gasteiger partial charge is 0.0209 e.